The Hall–Kier alpha value is -4.72. The molecule has 1 heterocycles. The lowest BCUT2D eigenvalue weighted by molar-refractivity contribution is -0.122. The maximum Gasteiger partial charge on any atom is 0.343 e. The second-order valence-corrected chi connectivity index (χ2v) is 7.45. The number of amides is 4. The number of barbiturate groups is 1. The lowest BCUT2D eigenvalue weighted by atomic mass is 10.1. The zero-order valence-electron chi connectivity index (χ0n) is 18.4. The minimum Gasteiger partial charge on any atom is -0.497 e. The van der Waals surface area contributed by atoms with E-state index in [9.17, 15) is 19.2 Å². The number of benzene rings is 3. The predicted octanol–water partition coefficient (Wildman–Crippen LogP) is 3.89. The van der Waals surface area contributed by atoms with E-state index in [2.05, 4.69) is 5.32 Å². The second-order valence-electron chi connectivity index (χ2n) is 7.45. The number of anilines is 1. The smallest absolute Gasteiger partial charge is 0.343 e. The molecule has 0 aliphatic carbocycles. The Morgan fingerprint density at radius 1 is 0.941 bits per heavy atom. The largest absolute Gasteiger partial charge is 0.497 e. The van der Waals surface area contributed by atoms with E-state index in [1.165, 1.54) is 13.2 Å². The number of nitrogens with zero attached hydrogens (tertiary/aromatic N) is 1. The highest BCUT2D eigenvalue weighted by atomic mass is 16.5. The summed E-state index contributed by atoms with van der Waals surface area (Å²) in [5, 5.41) is 2.18. The second kappa shape index (κ2) is 9.41. The first-order chi connectivity index (χ1) is 16.4. The van der Waals surface area contributed by atoms with Crippen LogP contribution in [0.15, 0.2) is 78.4 Å². The fraction of sp³-hybridized carbons (Fsp3) is 0.0769. The van der Waals surface area contributed by atoms with Crippen molar-refractivity contribution in [2.24, 2.45) is 0 Å². The molecule has 1 aliphatic heterocycles. The number of para-hydroxylation sites is 1. The molecule has 0 spiro atoms. The van der Waals surface area contributed by atoms with Gasteiger partial charge in [0.2, 0.25) is 0 Å². The van der Waals surface area contributed by atoms with Gasteiger partial charge in [-0.1, -0.05) is 30.3 Å². The van der Waals surface area contributed by atoms with Crippen molar-refractivity contribution in [3.63, 3.8) is 0 Å². The molecule has 1 N–H and O–H groups in total. The summed E-state index contributed by atoms with van der Waals surface area (Å²) in [6, 6.07) is 18.8. The van der Waals surface area contributed by atoms with Gasteiger partial charge < -0.3 is 9.47 Å². The summed E-state index contributed by atoms with van der Waals surface area (Å²) in [6.07, 6.45) is 1.30. The topological polar surface area (TPSA) is 102 Å². The van der Waals surface area contributed by atoms with Gasteiger partial charge in [-0.05, 0) is 61.0 Å². The van der Waals surface area contributed by atoms with Gasteiger partial charge >= 0.3 is 12.0 Å². The molecule has 0 unspecified atom stereocenters. The molecule has 3 aromatic rings. The SMILES string of the molecule is COc1ccc(C(=O)Oc2ccccc2/C=C2/C(=O)NC(=O)N(c3cccc(C)c3)C2=O)cc1. The van der Waals surface area contributed by atoms with E-state index in [0.717, 1.165) is 10.5 Å². The predicted molar refractivity (Wildman–Crippen MR) is 125 cm³/mol. The Morgan fingerprint density at radius 3 is 2.38 bits per heavy atom. The number of carbonyl (C=O) groups excluding carboxylic acids is 4. The van der Waals surface area contributed by atoms with Crippen LogP contribution in [0.4, 0.5) is 10.5 Å². The number of imide groups is 2. The molecule has 0 saturated carbocycles. The Balaban J connectivity index is 1.65. The molecular formula is C26H20N2O6. The molecule has 0 atom stereocenters. The summed E-state index contributed by atoms with van der Waals surface area (Å²) < 4.78 is 10.6. The normalized spacial score (nSPS) is 14.7. The molecular weight excluding hydrogens is 436 g/mol. The van der Waals surface area contributed by atoms with E-state index >= 15 is 0 Å². The van der Waals surface area contributed by atoms with Crippen LogP contribution in [0.25, 0.3) is 6.08 Å². The van der Waals surface area contributed by atoms with Crippen LogP contribution in [0.5, 0.6) is 11.5 Å². The van der Waals surface area contributed by atoms with Crippen LogP contribution in [0.1, 0.15) is 21.5 Å². The average Bonchev–Trinajstić information content (AvgIpc) is 2.82. The fourth-order valence-electron chi connectivity index (χ4n) is 3.39. The molecule has 0 aromatic heterocycles. The molecule has 34 heavy (non-hydrogen) atoms. The first kappa shape index (κ1) is 22.5. The lowest BCUT2D eigenvalue weighted by Gasteiger charge is -2.26. The highest BCUT2D eigenvalue weighted by molar-refractivity contribution is 6.39. The number of esters is 1. The van der Waals surface area contributed by atoms with Gasteiger partial charge in [-0.15, -0.1) is 0 Å². The molecule has 4 rings (SSSR count). The Kier molecular flexibility index (Phi) is 6.22. The van der Waals surface area contributed by atoms with Gasteiger partial charge in [-0.25, -0.2) is 14.5 Å². The first-order valence-corrected chi connectivity index (χ1v) is 10.3. The Morgan fingerprint density at radius 2 is 1.68 bits per heavy atom. The minimum atomic E-state index is -0.838. The van der Waals surface area contributed by atoms with Gasteiger partial charge in [0.1, 0.15) is 17.1 Å². The van der Waals surface area contributed by atoms with Gasteiger partial charge in [0, 0.05) is 5.56 Å². The number of urea groups is 1. The van der Waals surface area contributed by atoms with Crippen molar-refractivity contribution in [3.8, 4) is 11.5 Å². The molecule has 3 aromatic carbocycles. The summed E-state index contributed by atoms with van der Waals surface area (Å²) in [5.74, 6) is -1.50. The third kappa shape index (κ3) is 4.56. The summed E-state index contributed by atoms with van der Waals surface area (Å²) in [6.45, 7) is 1.82. The maximum absolute atomic E-state index is 13.1. The fourth-order valence-corrected chi connectivity index (χ4v) is 3.39. The van der Waals surface area contributed by atoms with Crippen molar-refractivity contribution in [3.05, 3.63) is 95.1 Å². The molecule has 1 saturated heterocycles. The summed E-state index contributed by atoms with van der Waals surface area (Å²) in [4.78, 5) is 51.6. The van der Waals surface area contributed by atoms with Crippen molar-refractivity contribution in [2.45, 2.75) is 6.92 Å². The molecule has 1 aliphatic rings. The third-order valence-electron chi connectivity index (χ3n) is 5.11. The number of ether oxygens (including phenoxy) is 2. The zero-order valence-corrected chi connectivity index (χ0v) is 18.4. The standard InChI is InChI=1S/C26H20N2O6/c1-16-6-5-8-19(14-16)28-24(30)21(23(29)27-26(28)32)15-18-7-3-4-9-22(18)34-25(31)17-10-12-20(33-2)13-11-17/h3-15H,1-2H3,(H,27,29,32)/b21-15-. The summed E-state index contributed by atoms with van der Waals surface area (Å²) in [5.41, 5.74) is 1.53. The number of methoxy groups -OCH3 is 1. The van der Waals surface area contributed by atoms with Crippen LogP contribution in [-0.2, 0) is 9.59 Å². The van der Waals surface area contributed by atoms with E-state index in [1.54, 1.807) is 66.7 Å². The molecule has 8 heteroatoms. The van der Waals surface area contributed by atoms with Gasteiger partial charge in [0.05, 0.1) is 18.4 Å². The van der Waals surface area contributed by atoms with Crippen LogP contribution in [-0.4, -0.2) is 30.9 Å². The van der Waals surface area contributed by atoms with E-state index in [0.29, 0.717) is 22.6 Å². The van der Waals surface area contributed by atoms with Crippen molar-refractivity contribution < 1.29 is 28.7 Å². The van der Waals surface area contributed by atoms with Crippen molar-refractivity contribution in [2.75, 3.05) is 12.0 Å². The van der Waals surface area contributed by atoms with Gasteiger partial charge in [-0.2, -0.15) is 0 Å². The lowest BCUT2D eigenvalue weighted by Crippen LogP contribution is -2.54. The summed E-state index contributed by atoms with van der Waals surface area (Å²) >= 11 is 0. The van der Waals surface area contributed by atoms with Crippen LogP contribution in [0, 0.1) is 6.92 Å². The molecule has 1 fully saturated rings. The van der Waals surface area contributed by atoms with E-state index in [1.807, 2.05) is 13.0 Å². The average molecular weight is 456 g/mol. The monoisotopic (exact) mass is 456 g/mol. The molecule has 0 radical (unpaired) electrons. The highest BCUT2D eigenvalue weighted by Gasteiger charge is 2.37. The minimum absolute atomic E-state index is 0.149. The van der Waals surface area contributed by atoms with Crippen molar-refractivity contribution in [1.29, 1.82) is 0 Å². The van der Waals surface area contributed by atoms with Crippen molar-refractivity contribution in [1.82, 2.24) is 5.32 Å². The molecule has 8 nitrogen and oxygen atoms in total. The van der Waals surface area contributed by atoms with E-state index < -0.39 is 23.8 Å². The summed E-state index contributed by atoms with van der Waals surface area (Å²) in [7, 11) is 1.52. The van der Waals surface area contributed by atoms with Crippen LogP contribution in [0.2, 0.25) is 0 Å². The van der Waals surface area contributed by atoms with Gasteiger partial charge in [0.15, 0.2) is 0 Å². The Bertz CT molecular complexity index is 1330. The van der Waals surface area contributed by atoms with Crippen molar-refractivity contribution >= 4 is 35.6 Å². The Labute approximate surface area is 195 Å². The maximum atomic E-state index is 13.1. The number of rotatable bonds is 5. The number of hydrogen-bond acceptors (Lipinski definition) is 6. The number of nitrogens with one attached hydrogen (secondary N) is 1. The van der Waals surface area contributed by atoms with Gasteiger partial charge in [0.25, 0.3) is 11.8 Å². The van der Waals surface area contributed by atoms with E-state index in [4.69, 9.17) is 9.47 Å². The molecule has 170 valence electrons. The van der Waals surface area contributed by atoms with Crippen LogP contribution < -0.4 is 19.7 Å². The zero-order chi connectivity index (χ0) is 24.2. The van der Waals surface area contributed by atoms with Crippen LogP contribution >= 0.6 is 0 Å². The molecule has 0 bridgehead atoms. The number of aryl methyl sites for hydroxylation is 1. The van der Waals surface area contributed by atoms with Crippen LogP contribution in [0.3, 0.4) is 0 Å². The molecule has 4 amide bonds. The number of carbonyl (C=O) groups is 4. The van der Waals surface area contributed by atoms with E-state index in [-0.39, 0.29) is 11.3 Å². The quantitative estimate of drug-likeness (QED) is 0.271. The highest BCUT2D eigenvalue weighted by Crippen LogP contribution is 2.26. The van der Waals surface area contributed by atoms with Gasteiger partial charge in [-0.3, -0.25) is 14.9 Å². The third-order valence-corrected chi connectivity index (χ3v) is 5.11. The number of hydrogen-bond donors (Lipinski definition) is 1. The first-order valence-electron chi connectivity index (χ1n) is 10.3.